The van der Waals surface area contributed by atoms with E-state index in [1.54, 1.807) is 30.3 Å². The largest absolute Gasteiger partial charge is 0.508 e. The summed E-state index contributed by atoms with van der Waals surface area (Å²) in [5.74, 6) is -0.00820. The van der Waals surface area contributed by atoms with Crippen LogP contribution in [0.1, 0.15) is 27.7 Å². The first-order valence-corrected chi connectivity index (χ1v) is 8.80. The van der Waals surface area contributed by atoms with E-state index in [1.165, 1.54) is 11.1 Å². The Morgan fingerprint density at radius 3 is 2.56 bits per heavy atom. The number of phenols is 1. The van der Waals surface area contributed by atoms with Crippen molar-refractivity contribution in [3.63, 3.8) is 0 Å². The summed E-state index contributed by atoms with van der Waals surface area (Å²) in [5, 5.41) is 19.3. The molecule has 140 valence electrons. The summed E-state index contributed by atoms with van der Waals surface area (Å²) in [7, 11) is 4.00. The molecule has 0 aliphatic rings. The first-order valence-electron chi connectivity index (χ1n) is 8.80. The maximum Gasteiger partial charge on any atom is 0.269 e. The number of phenolic OH excluding ortho intramolecular Hbond substituents is 1. The van der Waals surface area contributed by atoms with Crippen LogP contribution >= 0.6 is 0 Å². The zero-order chi connectivity index (χ0) is 19.4. The van der Waals surface area contributed by atoms with Crippen molar-refractivity contribution in [3.8, 4) is 17.0 Å². The number of benzene rings is 2. The summed E-state index contributed by atoms with van der Waals surface area (Å²) in [4.78, 5) is 14.6. The Hall–Kier alpha value is -3.12. The van der Waals surface area contributed by atoms with Crippen molar-refractivity contribution >= 4 is 5.91 Å². The molecular formula is C21H24N4O2. The summed E-state index contributed by atoms with van der Waals surface area (Å²) < 4.78 is 0. The number of nitrogens with one attached hydrogen (secondary N) is 2. The SMILES string of the molecule is Cc1ccccc1[C@H](CNC(=O)c1cc(-c2ccc(O)cc2)n[nH]1)N(C)C. The van der Waals surface area contributed by atoms with Gasteiger partial charge < -0.3 is 15.3 Å². The molecule has 3 N–H and O–H groups in total. The van der Waals surface area contributed by atoms with E-state index >= 15 is 0 Å². The number of aromatic hydroxyl groups is 1. The summed E-state index contributed by atoms with van der Waals surface area (Å²) >= 11 is 0. The van der Waals surface area contributed by atoms with Gasteiger partial charge in [0.25, 0.3) is 5.91 Å². The van der Waals surface area contributed by atoms with Gasteiger partial charge in [-0.15, -0.1) is 0 Å². The second-order valence-corrected chi connectivity index (χ2v) is 6.76. The number of hydrogen-bond acceptors (Lipinski definition) is 4. The molecule has 0 radical (unpaired) electrons. The van der Waals surface area contributed by atoms with Crippen molar-refractivity contribution < 1.29 is 9.90 Å². The summed E-state index contributed by atoms with van der Waals surface area (Å²) in [5.41, 5.74) is 4.27. The van der Waals surface area contributed by atoms with Crippen molar-refractivity contribution in [2.75, 3.05) is 20.6 Å². The van der Waals surface area contributed by atoms with Gasteiger partial charge in [-0.2, -0.15) is 5.10 Å². The molecule has 1 aromatic heterocycles. The molecule has 1 atom stereocenters. The van der Waals surface area contributed by atoms with Gasteiger partial charge in [0.05, 0.1) is 11.7 Å². The third-order valence-corrected chi connectivity index (χ3v) is 4.61. The minimum atomic E-state index is -0.201. The highest BCUT2D eigenvalue weighted by molar-refractivity contribution is 5.93. The lowest BCUT2D eigenvalue weighted by atomic mass is 10.0. The van der Waals surface area contributed by atoms with Gasteiger partial charge >= 0.3 is 0 Å². The third kappa shape index (κ3) is 4.35. The van der Waals surface area contributed by atoms with E-state index in [0.717, 1.165) is 5.56 Å². The van der Waals surface area contributed by atoms with Crippen LogP contribution in [0.5, 0.6) is 5.75 Å². The second-order valence-electron chi connectivity index (χ2n) is 6.76. The number of aromatic nitrogens is 2. The van der Waals surface area contributed by atoms with Gasteiger partial charge in [0.15, 0.2) is 0 Å². The Balaban J connectivity index is 1.70. The minimum Gasteiger partial charge on any atom is -0.508 e. The topological polar surface area (TPSA) is 81.2 Å². The predicted molar refractivity (Wildman–Crippen MR) is 106 cm³/mol. The zero-order valence-electron chi connectivity index (χ0n) is 15.7. The fourth-order valence-electron chi connectivity index (χ4n) is 3.03. The van der Waals surface area contributed by atoms with Gasteiger partial charge in [-0.3, -0.25) is 9.89 Å². The van der Waals surface area contributed by atoms with Crippen LogP contribution in [-0.4, -0.2) is 46.8 Å². The van der Waals surface area contributed by atoms with Crippen LogP contribution in [0.2, 0.25) is 0 Å². The lowest BCUT2D eigenvalue weighted by Gasteiger charge is -2.26. The number of H-pyrrole nitrogens is 1. The van der Waals surface area contributed by atoms with Gasteiger partial charge in [-0.1, -0.05) is 24.3 Å². The normalized spacial score (nSPS) is 12.1. The molecule has 6 heteroatoms. The average Bonchev–Trinajstić information content (AvgIpc) is 3.14. The first-order chi connectivity index (χ1) is 13.0. The maximum absolute atomic E-state index is 12.5. The minimum absolute atomic E-state index is 0.0784. The number of rotatable bonds is 6. The van der Waals surface area contributed by atoms with E-state index in [2.05, 4.69) is 39.5 Å². The average molecular weight is 364 g/mol. The lowest BCUT2D eigenvalue weighted by molar-refractivity contribution is 0.0936. The first kappa shape index (κ1) is 18.7. The third-order valence-electron chi connectivity index (χ3n) is 4.61. The Bertz CT molecular complexity index is 916. The van der Waals surface area contributed by atoms with Crippen LogP contribution in [-0.2, 0) is 0 Å². The maximum atomic E-state index is 12.5. The molecule has 0 unspecified atom stereocenters. The number of carbonyl (C=O) groups excluding carboxylic acids is 1. The number of aromatic amines is 1. The molecule has 0 aliphatic heterocycles. The highest BCUT2D eigenvalue weighted by atomic mass is 16.3. The standard InChI is InChI=1S/C21H24N4O2/c1-14-6-4-5-7-17(14)20(25(2)3)13-22-21(27)19-12-18(23-24-19)15-8-10-16(26)11-9-15/h4-12,20,26H,13H2,1-3H3,(H,22,27)(H,23,24)/t20-/m0/s1. The molecule has 0 saturated carbocycles. The van der Waals surface area contributed by atoms with Crippen molar-refractivity contribution in [3.05, 3.63) is 71.4 Å². The van der Waals surface area contributed by atoms with E-state index in [4.69, 9.17) is 0 Å². The van der Waals surface area contributed by atoms with E-state index in [0.29, 0.717) is 17.9 Å². The monoisotopic (exact) mass is 364 g/mol. The van der Waals surface area contributed by atoms with Crippen LogP contribution < -0.4 is 5.32 Å². The predicted octanol–water partition coefficient (Wildman–Crippen LogP) is 3.12. The van der Waals surface area contributed by atoms with E-state index < -0.39 is 0 Å². The quantitative estimate of drug-likeness (QED) is 0.628. The van der Waals surface area contributed by atoms with Gasteiger partial charge in [0.2, 0.25) is 0 Å². The Kier molecular flexibility index (Phi) is 5.57. The number of carbonyl (C=O) groups is 1. The fraction of sp³-hybridized carbons (Fsp3) is 0.238. The Morgan fingerprint density at radius 1 is 1.19 bits per heavy atom. The number of hydrogen-bond donors (Lipinski definition) is 3. The molecule has 2 aromatic carbocycles. The van der Waals surface area contributed by atoms with Crippen molar-refractivity contribution in [2.45, 2.75) is 13.0 Å². The highest BCUT2D eigenvalue weighted by Gasteiger charge is 2.18. The van der Waals surface area contributed by atoms with Gasteiger partial charge in [-0.25, -0.2) is 0 Å². The molecule has 1 amide bonds. The van der Waals surface area contributed by atoms with Gasteiger partial charge in [-0.05, 0) is 62.5 Å². The number of likely N-dealkylation sites (N-methyl/N-ethyl adjacent to an activating group) is 1. The molecular weight excluding hydrogens is 340 g/mol. The molecule has 1 heterocycles. The van der Waals surface area contributed by atoms with Crippen LogP contribution in [0, 0.1) is 6.92 Å². The van der Waals surface area contributed by atoms with Crippen molar-refractivity contribution in [1.29, 1.82) is 0 Å². The van der Waals surface area contributed by atoms with Crippen molar-refractivity contribution in [2.24, 2.45) is 0 Å². The number of amides is 1. The molecule has 3 aromatic rings. The Labute approximate surface area is 158 Å². The molecule has 0 saturated heterocycles. The summed E-state index contributed by atoms with van der Waals surface area (Å²) in [6, 6.07) is 16.7. The molecule has 27 heavy (non-hydrogen) atoms. The van der Waals surface area contributed by atoms with Crippen LogP contribution in [0.3, 0.4) is 0 Å². The lowest BCUT2D eigenvalue weighted by Crippen LogP contribution is -2.35. The summed E-state index contributed by atoms with van der Waals surface area (Å²) in [6.07, 6.45) is 0. The van der Waals surface area contributed by atoms with E-state index in [1.807, 2.05) is 26.2 Å². The van der Waals surface area contributed by atoms with Gasteiger partial charge in [0.1, 0.15) is 11.4 Å². The highest BCUT2D eigenvalue weighted by Crippen LogP contribution is 2.22. The summed E-state index contributed by atoms with van der Waals surface area (Å²) in [6.45, 7) is 2.57. The second kappa shape index (κ2) is 8.05. The zero-order valence-corrected chi connectivity index (χ0v) is 15.7. The molecule has 3 rings (SSSR count). The van der Waals surface area contributed by atoms with E-state index in [-0.39, 0.29) is 17.7 Å². The number of nitrogens with zero attached hydrogens (tertiary/aromatic N) is 2. The molecule has 0 fully saturated rings. The molecule has 0 spiro atoms. The fourth-order valence-corrected chi connectivity index (χ4v) is 3.03. The van der Waals surface area contributed by atoms with Crippen molar-refractivity contribution in [1.82, 2.24) is 20.4 Å². The molecule has 0 aliphatic carbocycles. The van der Waals surface area contributed by atoms with Crippen LogP contribution in [0.25, 0.3) is 11.3 Å². The number of aryl methyl sites for hydroxylation is 1. The van der Waals surface area contributed by atoms with Gasteiger partial charge in [0, 0.05) is 12.1 Å². The molecule has 6 nitrogen and oxygen atoms in total. The van der Waals surface area contributed by atoms with Crippen LogP contribution in [0.15, 0.2) is 54.6 Å². The Morgan fingerprint density at radius 2 is 1.89 bits per heavy atom. The molecule has 0 bridgehead atoms. The van der Waals surface area contributed by atoms with Crippen LogP contribution in [0.4, 0.5) is 0 Å². The smallest absolute Gasteiger partial charge is 0.269 e. The van der Waals surface area contributed by atoms with E-state index in [9.17, 15) is 9.90 Å².